The van der Waals surface area contributed by atoms with Crippen LogP contribution in [0.2, 0.25) is 5.02 Å². The topological polar surface area (TPSA) is 111 Å². The SMILES string of the molecule is Cc1ccc(NC(=O)COc2c(Br)cc(/C=C(\C#N)C(=O)Nc3ccc(O)cc3)cc2Br)cc1Cl. The molecule has 0 spiro atoms. The molecule has 0 fully saturated rings. The second-order valence-electron chi connectivity index (χ2n) is 7.29. The highest BCUT2D eigenvalue weighted by atomic mass is 79.9. The van der Waals surface area contributed by atoms with Gasteiger partial charge in [0.15, 0.2) is 6.61 Å². The highest BCUT2D eigenvalue weighted by Gasteiger charge is 2.14. The number of carbonyl (C=O) groups is 2. The molecule has 0 aliphatic heterocycles. The molecule has 0 unspecified atom stereocenters. The minimum Gasteiger partial charge on any atom is -0.508 e. The zero-order valence-electron chi connectivity index (χ0n) is 18.2. The number of nitrogens with zero attached hydrogens (tertiary/aromatic N) is 1. The Hall–Kier alpha value is -3.32. The lowest BCUT2D eigenvalue weighted by atomic mass is 10.1. The number of carbonyl (C=O) groups excluding carboxylic acids is 2. The maximum atomic E-state index is 12.5. The maximum Gasteiger partial charge on any atom is 0.266 e. The number of rotatable bonds is 7. The highest BCUT2D eigenvalue weighted by molar-refractivity contribution is 9.11. The quantitative estimate of drug-likeness (QED) is 0.160. The first-order valence-electron chi connectivity index (χ1n) is 10.1. The van der Waals surface area contributed by atoms with E-state index in [1.54, 1.807) is 30.3 Å². The van der Waals surface area contributed by atoms with Gasteiger partial charge in [-0.25, -0.2) is 0 Å². The summed E-state index contributed by atoms with van der Waals surface area (Å²) >= 11 is 12.9. The van der Waals surface area contributed by atoms with Crippen LogP contribution in [-0.4, -0.2) is 23.5 Å². The number of nitriles is 1. The molecule has 3 N–H and O–H groups in total. The molecule has 0 aromatic heterocycles. The van der Waals surface area contributed by atoms with Gasteiger partial charge in [-0.3, -0.25) is 9.59 Å². The molecular formula is C25H18Br2ClN3O4. The maximum absolute atomic E-state index is 12.5. The van der Waals surface area contributed by atoms with Crippen LogP contribution in [0.3, 0.4) is 0 Å². The fraction of sp³-hybridized carbons (Fsp3) is 0.0800. The van der Waals surface area contributed by atoms with Gasteiger partial charge in [0, 0.05) is 16.4 Å². The third-order valence-electron chi connectivity index (χ3n) is 4.63. The summed E-state index contributed by atoms with van der Waals surface area (Å²) in [5, 5.41) is 24.7. The largest absolute Gasteiger partial charge is 0.508 e. The lowest BCUT2D eigenvalue weighted by molar-refractivity contribution is -0.118. The molecule has 0 atom stereocenters. The van der Waals surface area contributed by atoms with E-state index in [0.29, 0.717) is 36.7 Å². The van der Waals surface area contributed by atoms with Crippen LogP contribution in [0.25, 0.3) is 6.08 Å². The average Bonchev–Trinajstić information content (AvgIpc) is 2.80. The molecule has 0 aliphatic carbocycles. The van der Waals surface area contributed by atoms with Gasteiger partial charge >= 0.3 is 0 Å². The molecule has 0 aliphatic rings. The van der Waals surface area contributed by atoms with Crippen molar-refractivity contribution in [3.05, 3.63) is 85.3 Å². The minimum absolute atomic E-state index is 0.0630. The lowest BCUT2D eigenvalue weighted by Gasteiger charge is -2.12. The van der Waals surface area contributed by atoms with E-state index in [0.717, 1.165) is 5.56 Å². The Morgan fingerprint density at radius 1 is 1.06 bits per heavy atom. The summed E-state index contributed by atoms with van der Waals surface area (Å²) in [5.74, 6) is -0.525. The van der Waals surface area contributed by atoms with Gasteiger partial charge in [-0.15, -0.1) is 0 Å². The van der Waals surface area contributed by atoms with Crippen molar-refractivity contribution in [2.24, 2.45) is 0 Å². The Morgan fingerprint density at radius 2 is 1.69 bits per heavy atom. The Morgan fingerprint density at radius 3 is 2.29 bits per heavy atom. The molecule has 178 valence electrons. The summed E-state index contributed by atoms with van der Waals surface area (Å²) < 4.78 is 6.68. The van der Waals surface area contributed by atoms with Gasteiger partial charge < -0.3 is 20.5 Å². The van der Waals surface area contributed by atoms with Crippen LogP contribution in [0.15, 0.2) is 69.1 Å². The Balaban J connectivity index is 1.68. The van der Waals surface area contributed by atoms with Gasteiger partial charge in [0.25, 0.3) is 11.8 Å². The second-order valence-corrected chi connectivity index (χ2v) is 9.40. The van der Waals surface area contributed by atoms with E-state index in [1.807, 2.05) is 13.0 Å². The normalized spacial score (nSPS) is 10.9. The fourth-order valence-corrected chi connectivity index (χ4v) is 4.50. The van der Waals surface area contributed by atoms with Gasteiger partial charge in [-0.05, 0) is 105 Å². The van der Waals surface area contributed by atoms with Gasteiger partial charge in [0.2, 0.25) is 0 Å². The molecule has 3 aromatic rings. The Kier molecular flexibility index (Phi) is 8.93. The van der Waals surface area contributed by atoms with Crippen LogP contribution in [0.1, 0.15) is 11.1 Å². The van der Waals surface area contributed by atoms with Crippen molar-refractivity contribution in [3.63, 3.8) is 0 Å². The Labute approximate surface area is 223 Å². The summed E-state index contributed by atoms with van der Waals surface area (Å²) in [6.45, 7) is 1.61. The van der Waals surface area contributed by atoms with Crippen LogP contribution in [0, 0.1) is 18.3 Å². The molecule has 10 heteroatoms. The third kappa shape index (κ3) is 7.33. The highest BCUT2D eigenvalue weighted by Crippen LogP contribution is 2.35. The van der Waals surface area contributed by atoms with E-state index in [-0.39, 0.29) is 23.8 Å². The molecule has 0 saturated carbocycles. The first-order chi connectivity index (χ1) is 16.7. The van der Waals surface area contributed by atoms with E-state index in [1.165, 1.54) is 30.3 Å². The number of benzene rings is 3. The number of phenolic OH excluding ortho intramolecular Hbond substituents is 1. The zero-order valence-corrected chi connectivity index (χ0v) is 22.2. The minimum atomic E-state index is -0.598. The van der Waals surface area contributed by atoms with E-state index < -0.39 is 5.91 Å². The molecule has 3 rings (SSSR count). The van der Waals surface area contributed by atoms with Crippen LogP contribution in [-0.2, 0) is 9.59 Å². The predicted molar refractivity (Wildman–Crippen MR) is 142 cm³/mol. The summed E-state index contributed by atoms with van der Waals surface area (Å²) in [4.78, 5) is 24.8. The van der Waals surface area contributed by atoms with Crippen molar-refractivity contribution in [2.75, 3.05) is 17.2 Å². The number of amides is 2. The second kappa shape index (κ2) is 11.9. The number of aryl methyl sites for hydroxylation is 1. The molecule has 0 bridgehead atoms. The van der Waals surface area contributed by atoms with E-state index in [4.69, 9.17) is 16.3 Å². The van der Waals surface area contributed by atoms with Crippen molar-refractivity contribution >= 4 is 72.7 Å². The standard InChI is InChI=1S/C25H18Br2ClN3O4/c1-14-2-3-18(11-22(14)28)30-23(33)13-35-24-20(26)9-15(10-21(24)27)8-16(12-29)25(34)31-17-4-6-19(32)7-5-17/h2-11,32H,13H2,1H3,(H,30,33)(H,31,34)/b16-8+. The zero-order chi connectivity index (χ0) is 25.5. The number of halogens is 3. The van der Waals surface area contributed by atoms with Crippen molar-refractivity contribution in [1.82, 2.24) is 0 Å². The van der Waals surface area contributed by atoms with Crippen molar-refractivity contribution < 1.29 is 19.4 Å². The number of phenols is 1. The number of anilines is 2. The summed E-state index contributed by atoms with van der Waals surface area (Å²) in [6, 6.07) is 16.3. The molecule has 7 nitrogen and oxygen atoms in total. The average molecular weight is 620 g/mol. The summed E-state index contributed by atoms with van der Waals surface area (Å²) in [6.07, 6.45) is 1.42. The van der Waals surface area contributed by atoms with Gasteiger partial charge in [-0.2, -0.15) is 5.26 Å². The molecular weight excluding hydrogens is 602 g/mol. The van der Waals surface area contributed by atoms with Crippen LogP contribution in [0.4, 0.5) is 11.4 Å². The first kappa shape index (κ1) is 26.3. The molecule has 3 aromatic carbocycles. The third-order valence-corrected chi connectivity index (χ3v) is 6.21. The van der Waals surface area contributed by atoms with Gasteiger partial charge in [0.1, 0.15) is 23.1 Å². The molecule has 0 radical (unpaired) electrons. The van der Waals surface area contributed by atoms with Crippen molar-refractivity contribution in [1.29, 1.82) is 5.26 Å². The number of hydrogen-bond donors (Lipinski definition) is 3. The van der Waals surface area contributed by atoms with Crippen molar-refractivity contribution in [2.45, 2.75) is 6.92 Å². The van der Waals surface area contributed by atoms with E-state index >= 15 is 0 Å². The smallest absolute Gasteiger partial charge is 0.266 e. The number of ether oxygens (including phenoxy) is 1. The lowest BCUT2D eigenvalue weighted by Crippen LogP contribution is -2.20. The van der Waals surface area contributed by atoms with Crippen molar-refractivity contribution in [3.8, 4) is 17.6 Å². The molecule has 0 saturated heterocycles. The van der Waals surface area contributed by atoms with Crippen LogP contribution < -0.4 is 15.4 Å². The van der Waals surface area contributed by atoms with Gasteiger partial charge in [0.05, 0.1) is 8.95 Å². The number of nitrogens with one attached hydrogen (secondary N) is 2. The Bertz CT molecular complexity index is 1330. The van der Waals surface area contributed by atoms with E-state index in [9.17, 15) is 20.0 Å². The summed E-state index contributed by atoms with van der Waals surface area (Å²) in [7, 11) is 0. The van der Waals surface area contributed by atoms with E-state index in [2.05, 4.69) is 42.5 Å². The summed E-state index contributed by atoms with van der Waals surface area (Å²) in [5.41, 5.74) is 2.32. The van der Waals surface area contributed by atoms with Crippen LogP contribution in [0.5, 0.6) is 11.5 Å². The fourth-order valence-electron chi connectivity index (χ4n) is 2.86. The number of hydrogen-bond acceptors (Lipinski definition) is 5. The monoisotopic (exact) mass is 617 g/mol. The number of aromatic hydroxyl groups is 1. The predicted octanol–water partition coefficient (Wildman–Crippen LogP) is 6.44. The molecule has 2 amide bonds. The first-order valence-corrected chi connectivity index (χ1v) is 12.0. The molecule has 35 heavy (non-hydrogen) atoms. The van der Waals surface area contributed by atoms with Gasteiger partial charge in [-0.1, -0.05) is 17.7 Å². The molecule has 0 heterocycles. The van der Waals surface area contributed by atoms with Crippen LogP contribution >= 0.6 is 43.5 Å².